The summed E-state index contributed by atoms with van der Waals surface area (Å²) in [6.45, 7) is 2.17. The number of benzene rings is 2. The monoisotopic (exact) mass is 631 g/mol. The van der Waals surface area contributed by atoms with E-state index in [9.17, 15) is 14.4 Å². The number of methoxy groups -OCH3 is 1. The lowest BCUT2D eigenvalue weighted by molar-refractivity contribution is -0.143. The maximum Gasteiger partial charge on any atom is 0.343 e. The molecule has 0 aliphatic carbocycles. The molecule has 7 nitrogen and oxygen atoms in total. The van der Waals surface area contributed by atoms with E-state index in [0.717, 1.165) is 21.8 Å². The van der Waals surface area contributed by atoms with Crippen LogP contribution in [-0.2, 0) is 20.9 Å². The van der Waals surface area contributed by atoms with E-state index < -0.39 is 5.97 Å². The van der Waals surface area contributed by atoms with Crippen molar-refractivity contribution in [2.45, 2.75) is 13.5 Å². The molecule has 2 amide bonds. The number of imide groups is 1. The molecule has 3 rings (SSSR count). The van der Waals surface area contributed by atoms with Crippen LogP contribution < -0.4 is 9.47 Å². The van der Waals surface area contributed by atoms with Gasteiger partial charge in [0.2, 0.25) is 0 Å². The largest absolute Gasteiger partial charge is 0.490 e. The summed E-state index contributed by atoms with van der Waals surface area (Å²) in [6.07, 6.45) is 1.65. The van der Waals surface area contributed by atoms with Gasteiger partial charge in [0.05, 0.1) is 28.7 Å². The molecule has 2 aromatic carbocycles. The zero-order valence-corrected chi connectivity index (χ0v) is 21.8. The number of hydrogen-bond donors (Lipinski definition) is 0. The lowest BCUT2D eigenvalue weighted by Gasteiger charge is -2.14. The number of ether oxygens (including phenoxy) is 3. The normalized spacial score (nSPS) is 14.8. The summed E-state index contributed by atoms with van der Waals surface area (Å²) in [6, 6.07) is 11.0. The Hall–Kier alpha value is -2.05. The minimum absolute atomic E-state index is 0.206. The quantitative estimate of drug-likeness (QED) is 0.224. The molecule has 0 unspecified atom stereocenters. The smallest absolute Gasteiger partial charge is 0.343 e. The molecule has 10 heteroatoms. The third kappa shape index (κ3) is 6.04. The van der Waals surface area contributed by atoms with Crippen molar-refractivity contribution in [3.63, 3.8) is 0 Å². The molecular weight excluding hydrogens is 613 g/mol. The van der Waals surface area contributed by atoms with Crippen molar-refractivity contribution in [2.24, 2.45) is 0 Å². The predicted octanol–water partition coefficient (Wildman–Crippen LogP) is 5.24. The minimum atomic E-state index is -0.508. The van der Waals surface area contributed by atoms with Crippen LogP contribution >= 0.6 is 50.3 Å². The van der Waals surface area contributed by atoms with Gasteiger partial charge in [-0.15, -0.1) is 0 Å². The molecule has 0 saturated carbocycles. The van der Waals surface area contributed by atoms with Crippen LogP contribution in [0.2, 0.25) is 0 Å². The van der Waals surface area contributed by atoms with Crippen LogP contribution in [-0.4, -0.2) is 42.3 Å². The molecule has 2 aromatic rings. The summed E-state index contributed by atoms with van der Waals surface area (Å²) in [7, 11) is 1.28. The number of hydrogen-bond acceptors (Lipinski definition) is 7. The topological polar surface area (TPSA) is 82.1 Å². The molecule has 0 spiro atoms. The fraction of sp³-hybridized carbons (Fsp3) is 0.227. The van der Waals surface area contributed by atoms with E-state index in [4.69, 9.17) is 9.47 Å². The van der Waals surface area contributed by atoms with Crippen molar-refractivity contribution in [1.82, 2.24) is 4.90 Å². The van der Waals surface area contributed by atoms with E-state index in [0.29, 0.717) is 32.1 Å². The van der Waals surface area contributed by atoms with Gasteiger partial charge in [0.25, 0.3) is 11.1 Å². The van der Waals surface area contributed by atoms with Crippen LogP contribution in [0.15, 0.2) is 45.8 Å². The summed E-state index contributed by atoms with van der Waals surface area (Å²) >= 11 is 6.34. The van der Waals surface area contributed by atoms with Gasteiger partial charge >= 0.3 is 5.97 Å². The fourth-order valence-electron chi connectivity index (χ4n) is 2.82. The van der Waals surface area contributed by atoms with Gasteiger partial charge in [-0.2, -0.15) is 0 Å². The second-order valence-electron chi connectivity index (χ2n) is 6.52. The number of carbonyl (C=O) groups excluding carboxylic acids is 3. The first-order valence-electron chi connectivity index (χ1n) is 9.48. The number of nitrogens with zero attached hydrogens (tertiary/aromatic N) is 1. The molecule has 0 N–H and O–H groups in total. The standard InChI is InChI=1S/C22H19BrINO6S/c1-3-30-17-9-14(8-16(24)20(17)31-12-19(26)29-2)10-18-21(27)25(22(28)32-18)11-13-4-6-15(23)7-5-13/h4-10H,3,11-12H2,1-2H3/b18-10-. The van der Waals surface area contributed by atoms with E-state index in [1.165, 1.54) is 12.0 Å². The number of esters is 1. The summed E-state index contributed by atoms with van der Waals surface area (Å²) in [5.41, 5.74) is 1.54. The third-order valence-corrected chi connectivity index (χ3v) is 6.56. The molecule has 1 heterocycles. The number of halogens is 2. The highest BCUT2D eigenvalue weighted by molar-refractivity contribution is 14.1. The van der Waals surface area contributed by atoms with E-state index in [-0.39, 0.29) is 24.3 Å². The van der Waals surface area contributed by atoms with Gasteiger partial charge in [0.1, 0.15) is 0 Å². The maximum absolute atomic E-state index is 12.9. The number of rotatable bonds is 8. The molecule has 168 valence electrons. The number of amides is 2. The summed E-state index contributed by atoms with van der Waals surface area (Å²) in [5, 5.41) is -0.318. The number of thioether (sulfide) groups is 1. The Morgan fingerprint density at radius 2 is 1.91 bits per heavy atom. The van der Waals surface area contributed by atoms with Crippen molar-refractivity contribution in [1.29, 1.82) is 0 Å². The zero-order chi connectivity index (χ0) is 23.3. The second kappa shape index (κ2) is 11.2. The van der Waals surface area contributed by atoms with Crippen LogP contribution in [0.25, 0.3) is 6.08 Å². The molecule has 1 fully saturated rings. The van der Waals surface area contributed by atoms with Crippen molar-refractivity contribution >= 4 is 73.5 Å². The van der Waals surface area contributed by atoms with Crippen LogP contribution in [0.5, 0.6) is 11.5 Å². The molecule has 1 saturated heterocycles. The maximum atomic E-state index is 12.9. The van der Waals surface area contributed by atoms with E-state index >= 15 is 0 Å². The molecule has 1 aliphatic rings. The highest BCUT2D eigenvalue weighted by atomic mass is 127. The third-order valence-electron chi connectivity index (χ3n) is 4.32. The van der Waals surface area contributed by atoms with Gasteiger partial charge in [-0.1, -0.05) is 28.1 Å². The van der Waals surface area contributed by atoms with Crippen molar-refractivity contribution in [3.05, 3.63) is 60.5 Å². The molecular formula is C22H19BrINO6S. The van der Waals surface area contributed by atoms with Crippen molar-refractivity contribution < 1.29 is 28.6 Å². The SMILES string of the molecule is CCOc1cc(/C=C2\SC(=O)N(Cc3ccc(Br)cc3)C2=O)cc(I)c1OCC(=O)OC. The summed E-state index contributed by atoms with van der Waals surface area (Å²) in [5.74, 6) is -0.00401. The van der Waals surface area contributed by atoms with Crippen molar-refractivity contribution in [3.8, 4) is 11.5 Å². The highest BCUT2D eigenvalue weighted by Crippen LogP contribution is 2.38. The second-order valence-corrected chi connectivity index (χ2v) is 9.59. The van der Waals surface area contributed by atoms with Crippen molar-refractivity contribution in [2.75, 3.05) is 20.3 Å². The van der Waals surface area contributed by atoms with E-state index in [2.05, 4.69) is 43.3 Å². The lowest BCUT2D eigenvalue weighted by Crippen LogP contribution is -2.27. The first-order chi connectivity index (χ1) is 15.3. The Balaban J connectivity index is 1.83. The lowest BCUT2D eigenvalue weighted by atomic mass is 10.1. The van der Waals surface area contributed by atoms with Crippen LogP contribution in [0.1, 0.15) is 18.1 Å². The summed E-state index contributed by atoms with van der Waals surface area (Å²) in [4.78, 5) is 38.3. The average Bonchev–Trinajstić information content (AvgIpc) is 3.02. The molecule has 0 radical (unpaired) electrons. The Morgan fingerprint density at radius 1 is 1.19 bits per heavy atom. The van der Waals surface area contributed by atoms with Gasteiger partial charge in [-0.05, 0) is 82.7 Å². The minimum Gasteiger partial charge on any atom is -0.490 e. The van der Waals surface area contributed by atoms with Gasteiger partial charge in [-0.25, -0.2) is 4.79 Å². The van der Waals surface area contributed by atoms with Gasteiger partial charge in [0, 0.05) is 4.47 Å². The number of carbonyl (C=O) groups is 3. The van der Waals surface area contributed by atoms with Crippen LogP contribution in [0, 0.1) is 3.57 Å². The first kappa shape index (κ1) is 24.6. The zero-order valence-electron chi connectivity index (χ0n) is 17.2. The van der Waals surface area contributed by atoms with Gasteiger partial charge < -0.3 is 14.2 Å². The first-order valence-corrected chi connectivity index (χ1v) is 12.2. The Kier molecular flexibility index (Phi) is 8.60. The molecule has 0 atom stereocenters. The molecule has 0 bridgehead atoms. The molecule has 32 heavy (non-hydrogen) atoms. The van der Waals surface area contributed by atoms with E-state index in [1.54, 1.807) is 18.2 Å². The Morgan fingerprint density at radius 3 is 2.56 bits per heavy atom. The fourth-order valence-corrected chi connectivity index (χ4v) is 4.71. The Bertz CT molecular complexity index is 1070. The average molecular weight is 632 g/mol. The van der Waals surface area contributed by atoms with E-state index in [1.807, 2.05) is 31.2 Å². The summed E-state index contributed by atoms with van der Waals surface area (Å²) < 4.78 is 17.5. The van der Waals surface area contributed by atoms with Crippen LogP contribution in [0.3, 0.4) is 0 Å². The Labute approximate surface area is 211 Å². The highest BCUT2D eigenvalue weighted by Gasteiger charge is 2.35. The van der Waals surface area contributed by atoms with Gasteiger partial charge in [0.15, 0.2) is 18.1 Å². The predicted molar refractivity (Wildman–Crippen MR) is 133 cm³/mol. The molecule has 1 aliphatic heterocycles. The molecule has 0 aromatic heterocycles. The van der Waals surface area contributed by atoms with Crippen LogP contribution in [0.4, 0.5) is 4.79 Å². The van der Waals surface area contributed by atoms with Gasteiger partial charge in [-0.3, -0.25) is 14.5 Å².